The molecule has 0 unspecified atom stereocenters. The summed E-state index contributed by atoms with van der Waals surface area (Å²) in [6.07, 6.45) is 1.66. The Morgan fingerprint density at radius 3 is 2.39 bits per heavy atom. The third-order valence-corrected chi connectivity index (χ3v) is 4.96. The predicted octanol–water partition coefficient (Wildman–Crippen LogP) is 3.75. The van der Waals surface area contributed by atoms with E-state index in [2.05, 4.69) is 11.6 Å². The molecule has 2 aromatic carbocycles. The van der Waals surface area contributed by atoms with Crippen LogP contribution < -0.4 is 4.80 Å². The minimum absolute atomic E-state index is 0.223. The van der Waals surface area contributed by atoms with E-state index in [4.69, 9.17) is 0 Å². The van der Waals surface area contributed by atoms with Crippen LogP contribution in [-0.4, -0.2) is 20.3 Å². The average molecular weight is 398 g/mol. The molecule has 142 valence electrons. The number of allylic oxidation sites excluding steroid dienone is 1. The lowest BCUT2D eigenvalue weighted by atomic mass is 10.1. The number of aromatic nitrogens is 1. The van der Waals surface area contributed by atoms with Crippen LogP contribution in [0.5, 0.6) is 0 Å². The zero-order chi connectivity index (χ0) is 20.4. The number of fused-ring (bicyclic) bond motifs is 1. The largest absolute Gasteiger partial charge is 0.312 e. The van der Waals surface area contributed by atoms with Gasteiger partial charge in [-0.25, -0.2) is 0 Å². The Bertz CT molecular complexity index is 1180. The summed E-state index contributed by atoms with van der Waals surface area (Å²) in [5, 5.41) is 22.1. The van der Waals surface area contributed by atoms with E-state index in [1.54, 1.807) is 10.6 Å². The van der Waals surface area contributed by atoms with Crippen LogP contribution in [0.2, 0.25) is 0 Å². The van der Waals surface area contributed by atoms with Gasteiger partial charge in [-0.3, -0.25) is 25.0 Å². The van der Waals surface area contributed by atoms with Crippen LogP contribution in [-0.2, 0) is 6.54 Å². The first-order valence-electron chi connectivity index (χ1n) is 8.04. The molecule has 0 saturated carbocycles. The standard InChI is InChI=1S/C18H14N4O5S/c1-3-6-20-15-5-4-11(2)7-16(15)28-18(20)19-17(23)12-8-13(21(24)25)10-14(9-12)22(26)27/h3-5,7-10H,1,6H2,2H3. The Morgan fingerprint density at radius 2 is 1.82 bits per heavy atom. The molecule has 1 aromatic heterocycles. The van der Waals surface area contributed by atoms with Crippen molar-refractivity contribution in [2.75, 3.05) is 0 Å². The van der Waals surface area contributed by atoms with Crippen molar-refractivity contribution in [2.24, 2.45) is 4.99 Å². The normalized spacial score (nSPS) is 11.5. The van der Waals surface area contributed by atoms with Crippen LogP contribution in [0.15, 0.2) is 54.0 Å². The number of non-ortho nitro benzene ring substituents is 2. The Kier molecular flexibility index (Phi) is 5.14. The molecule has 0 N–H and O–H groups in total. The van der Waals surface area contributed by atoms with E-state index >= 15 is 0 Å². The molecule has 10 heteroatoms. The molecule has 9 nitrogen and oxygen atoms in total. The molecule has 1 amide bonds. The van der Waals surface area contributed by atoms with E-state index in [-0.39, 0.29) is 5.56 Å². The van der Waals surface area contributed by atoms with Gasteiger partial charge in [-0.1, -0.05) is 23.5 Å². The van der Waals surface area contributed by atoms with Crippen LogP contribution in [0.3, 0.4) is 0 Å². The summed E-state index contributed by atoms with van der Waals surface area (Å²) in [6, 6.07) is 8.57. The highest BCUT2D eigenvalue weighted by molar-refractivity contribution is 7.16. The summed E-state index contributed by atoms with van der Waals surface area (Å²) in [5.74, 6) is -0.798. The predicted molar refractivity (Wildman–Crippen MR) is 104 cm³/mol. The zero-order valence-electron chi connectivity index (χ0n) is 14.7. The van der Waals surface area contributed by atoms with Crippen molar-refractivity contribution in [1.29, 1.82) is 0 Å². The van der Waals surface area contributed by atoms with Gasteiger partial charge in [-0.05, 0) is 24.6 Å². The summed E-state index contributed by atoms with van der Waals surface area (Å²) in [7, 11) is 0. The number of amides is 1. The molecular weight excluding hydrogens is 384 g/mol. The summed E-state index contributed by atoms with van der Waals surface area (Å²) < 4.78 is 2.70. The molecule has 0 radical (unpaired) electrons. The number of benzene rings is 2. The number of nitro benzene ring substituents is 2. The number of aryl methyl sites for hydroxylation is 1. The van der Waals surface area contributed by atoms with Gasteiger partial charge in [0.25, 0.3) is 17.3 Å². The second-order valence-corrected chi connectivity index (χ2v) is 6.93. The smallest absolute Gasteiger partial charge is 0.280 e. The first-order valence-corrected chi connectivity index (χ1v) is 8.85. The van der Waals surface area contributed by atoms with Crippen LogP contribution in [0.4, 0.5) is 11.4 Å². The molecular formula is C18H14N4O5S. The number of hydrogen-bond donors (Lipinski definition) is 0. The van der Waals surface area contributed by atoms with E-state index in [1.165, 1.54) is 11.3 Å². The average Bonchev–Trinajstić information content (AvgIpc) is 2.97. The van der Waals surface area contributed by atoms with Gasteiger partial charge in [0.1, 0.15) is 0 Å². The molecule has 3 aromatic rings. The SMILES string of the molecule is C=CCn1c(=NC(=O)c2cc([N+](=O)[O-])cc([N+](=O)[O-])c2)sc2cc(C)ccc21. The minimum Gasteiger partial charge on any atom is -0.312 e. The number of hydrogen-bond acceptors (Lipinski definition) is 6. The first kappa shape index (κ1) is 19.1. The van der Waals surface area contributed by atoms with E-state index in [9.17, 15) is 25.0 Å². The van der Waals surface area contributed by atoms with Crippen molar-refractivity contribution in [3.8, 4) is 0 Å². The van der Waals surface area contributed by atoms with E-state index in [0.29, 0.717) is 11.3 Å². The Balaban J connectivity index is 2.17. The summed E-state index contributed by atoms with van der Waals surface area (Å²) in [4.78, 5) is 37.5. The van der Waals surface area contributed by atoms with Crippen molar-refractivity contribution < 1.29 is 14.6 Å². The molecule has 0 aliphatic rings. The van der Waals surface area contributed by atoms with Crippen LogP contribution in [0, 0.1) is 27.2 Å². The molecule has 28 heavy (non-hydrogen) atoms. The topological polar surface area (TPSA) is 121 Å². The van der Waals surface area contributed by atoms with Gasteiger partial charge in [-0.2, -0.15) is 4.99 Å². The van der Waals surface area contributed by atoms with Gasteiger partial charge in [0.15, 0.2) is 4.80 Å². The molecule has 0 saturated heterocycles. The molecule has 3 rings (SSSR count). The fourth-order valence-corrected chi connectivity index (χ4v) is 3.79. The highest BCUT2D eigenvalue weighted by atomic mass is 32.1. The molecule has 0 atom stereocenters. The second kappa shape index (κ2) is 7.53. The molecule has 0 aliphatic heterocycles. The lowest BCUT2D eigenvalue weighted by molar-refractivity contribution is -0.394. The first-order chi connectivity index (χ1) is 13.3. The van der Waals surface area contributed by atoms with Crippen LogP contribution in [0.1, 0.15) is 15.9 Å². The second-order valence-electron chi connectivity index (χ2n) is 5.92. The Hall–Kier alpha value is -3.66. The molecule has 0 spiro atoms. The highest BCUT2D eigenvalue weighted by Gasteiger charge is 2.20. The number of nitrogens with zero attached hydrogens (tertiary/aromatic N) is 4. The Morgan fingerprint density at radius 1 is 1.18 bits per heavy atom. The highest BCUT2D eigenvalue weighted by Crippen LogP contribution is 2.23. The van der Waals surface area contributed by atoms with Crippen molar-refractivity contribution in [1.82, 2.24) is 4.57 Å². The number of thiazole rings is 1. The molecule has 0 aliphatic carbocycles. The lowest BCUT2D eigenvalue weighted by Crippen LogP contribution is -2.16. The van der Waals surface area contributed by atoms with Gasteiger partial charge < -0.3 is 4.57 Å². The summed E-state index contributed by atoms with van der Waals surface area (Å²) >= 11 is 1.28. The fourth-order valence-electron chi connectivity index (χ4n) is 2.65. The van der Waals surface area contributed by atoms with E-state index in [1.807, 2.05) is 25.1 Å². The summed E-state index contributed by atoms with van der Waals surface area (Å²) in [6.45, 7) is 6.06. The summed E-state index contributed by atoms with van der Waals surface area (Å²) in [5.41, 5.74) is 0.607. The quantitative estimate of drug-likeness (QED) is 0.368. The monoisotopic (exact) mass is 398 g/mol. The van der Waals surface area contributed by atoms with E-state index in [0.717, 1.165) is 34.0 Å². The van der Waals surface area contributed by atoms with Gasteiger partial charge in [0.05, 0.1) is 31.7 Å². The number of carbonyl (C=O) groups excluding carboxylic acids is 1. The van der Waals surface area contributed by atoms with Gasteiger partial charge >= 0.3 is 0 Å². The van der Waals surface area contributed by atoms with Crippen molar-refractivity contribution in [3.63, 3.8) is 0 Å². The van der Waals surface area contributed by atoms with Gasteiger partial charge in [-0.15, -0.1) is 6.58 Å². The Labute approximate surface area is 162 Å². The van der Waals surface area contributed by atoms with Gasteiger partial charge in [0.2, 0.25) is 0 Å². The maximum Gasteiger partial charge on any atom is 0.280 e. The third kappa shape index (κ3) is 3.71. The molecule has 1 heterocycles. The zero-order valence-corrected chi connectivity index (χ0v) is 15.5. The van der Waals surface area contributed by atoms with Crippen LogP contribution in [0.25, 0.3) is 10.2 Å². The van der Waals surface area contributed by atoms with Crippen LogP contribution >= 0.6 is 11.3 Å². The van der Waals surface area contributed by atoms with Gasteiger partial charge in [0, 0.05) is 18.7 Å². The number of rotatable bonds is 5. The van der Waals surface area contributed by atoms with Crippen molar-refractivity contribution in [3.05, 3.63) is 85.2 Å². The molecule has 0 bridgehead atoms. The fraction of sp³-hybridized carbons (Fsp3) is 0.111. The molecule has 0 fully saturated rings. The maximum atomic E-state index is 12.6. The van der Waals surface area contributed by atoms with Crippen molar-refractivity contribution >= 4 is 38.8 Å². The van der Waals surface area contributed by atoms with E-state index < -0.39 is 27.1 Å². The lowest BCUT2D eigenvalue weighted by Gasteiger charge is -2.01. The third-order valence-electron chi connectivity index (χ3n) is 3.92. The number of carbonyl (C=O) groups is 1. The minimum atomic E-state index is -0.798. The van der Waals surface area contributed by atoms with Crippen molar-refractivity contribution in [2.45, 2.75) is 13.5 Å². The number of nitro groups is 2. The maximum absolute atomic E-state index is 12.6.